The lowest BCUT2D eigenvalue weighted by Gasteiger charge is -2.35. The molecule has 2 unspecified atom stereocenters. The highest BCUT2D eigenvalue weighted by Crippen LogP contribution is 2.38. The molecule has 2 aromatic carbocycles. The van der Waals surface area contributed by atoms with Crippen LogP contribution in [0.4, 0.5) is 32.0 Å². The fourth-order valence-electron chi connectivity index (χ4n) is 8.53. The van der Waals surface area contributed by atoms with Gasteiger partial charge in [-0.2, -0.15) is 18.3 Å². The quantitative estimate of drug-likeness (QED) is 0.131. The third kappa shape index (κ3) is 7.40. The van der Waals surface area contributed by atoms with Crippen LogP contribution in [0.2, 0.25) is 0 Å². The van der Waals surface area contributed by atoms with Crippen LogP contribution in [0.3, 0.4) is 0 Å². The average Bonchev–Trinajstić information content (AvgIpc) is 3.72. The summed E-state index contributed by atoms with van der Waals surface area (Å²) in [6.45, 7) is 1.31. The zero-order valence-corrected chi connectivity index (χ0v) is 31.1. The second-order valence-corrected chi connectivity index (χ2v) is 15.1. The van der Waals surface area contributed by atoms with Crippen LogP contribution in [-0.2, 0) is 22.8 Å². The first kappa shape index (κ1) is 39.1. The number of fused-ring (bicyclic) bond motifs is 2. The highest BCUT2D eigenvalue weighted by molar-refractivity contribution is 6.04. The van der Waals surface area contributed by atoms with Gasteiger partial charge in [0.25, 0.3) is 12.3 Å². The van der Waals surface area contributed by atoms with Crippen molar-refractivity contribution >= 4 is 50.9 Å². The number of amides is 3. The Labute approximate surface area is 326 Å². The summed E-state index contributed by atoms with van der Waals surface area (Å²) in [6.07, 6.45) is -2.18. The Hall–Kier alpha value is -5.78. The summed E-state index contributed by atoms with van der Waals surface area (Å²) in [6, 6.07) is 9.62. The molecule has 58 heavy (non-hydrogen) atoms. The van der Waals surface area contributed by atoms with Crippen molar-refractivity contribution in [2.75, 3.05) is 25.0 Å². The van der Waals surface area contributed by atoms with Gasteiger partial charge in [0, 0.05) is 55.8 Å². The molecule has 0 spiro atoms. The van der Waals surface area contributed by atoms with E-state index in [9.17, 15) is 41.1 Å². The van der Waals surface area contributed by atoms with Crippen molar-refractivity contribution in [3.05, 3.63) is 93.8 Å². The van der Waals surface area contributed by atoms with E-state index in [2.05, 4.69) is 25.6 Å². The van der Waals surface area contributed by atoms with Gasteiger partial charge >= 0.3 is 11.9 Å². The number of benzene rings is 2. The van der Waals surface area contributed by atoms with Crippen molar-refractivity contribution in [2.24, 2.45) is 13.0 Å². The van der Waals surface area contributed by atoms with Crippen LogP contribution in [0.5, 0.6) is 0 Å². The molecule has 0 bridgehead atoms. The van der Waals surface area contributed by atoms with E-state index >= 15 is 4.39 Å². The molecule has 2 N–H and O–H groups in total. The maximum absolute atomic E-state index is 16.0. The summed E-state index contributed by atoms with van der Waals surface area (Å²) in [7, 11) is 1.59. The van der Waals surface area contributed by atoms with E-state index in [4.69, 9.17) is 0 Å². The van der Waals surface area contributed by atoms with Crippen molar-refractivity contribution in [3.63, 3.8) is 0 Å². The maximum Gasteiger partial charge on any atom is 0.433 e. The molecule has 5 aromatic rings. The molecular formula is C40H38F6N8O4. The van der Waals surface area contributed by atoms with Gasteiger partial charge < -0.3 is 5.32 Å². The third-order valence-electron chi connectivity index (χ3n) is 11.4. The summed E-state index contributed by atoms with van der Waals surface area (Å²) in [5.41, 5.74) is -0.738. The number of aromatic nitrogens is 5. The van der Waals surface area contributed by atoms with E-state index < -0.39 is 59.3 Å². The molecule has 3 amide bonds. The van der Waals surface area contributed by atoms with Crippen LogP contribution in [0.1, 0.15) is 84.3 Å². The van der Waals surface area contributed by atoms with Gasteiger partial charge in [0.1, 0.15) is 23.6 Å². The molecule has 18 heteroatoms. The smallest absolute Gasteiger partial charge is 0.320 e. The summed E-state index contributed by atoms with van der Waals surface area (Å²) >= 11 is 0. The number of carbonyl (C=O) groups excluding carboxylic acids is 3. The van der Waals surface area contributed by atoms with Gasteiger partial charge in [-0.05, 0) is 73.9 Å². The first-order valence-corrected chi connectivity index (χ1v) is 18.9. The molecule has 3 aliphatic rings. The maximum atomic E-state index is 16.0. The third-order valence-corrected chi connectivity index (χ3v) is 11.4. The second-order valence-electron chi connectivity index (χ2n) is 15.1. The number of nitrogens with one attached hydrogen (secondary N) is 2. The number of pyridine rings is 1. The average molecular weight is 809 g/mol. The van der Waals surface area contributed by atoms with Crippen molar-refractivity contribution in [1.29, 1.82) is 0 Å². The minimum absolute atomic E-state index is 0.0348. The van der Waals surface area contributed by atoms with E-state index in [1.807, 2.05) is 6.08 Å². The monoisotopic (exact) mass is 808 g/mol. The first-order valence-electron chi connectivity index (χ1n) is 18.9. The van der Waals surface area contributed by atoms with Crippen LogP contribution in [0.15, 0.2) is 65.6 Å². The lowest BCUT2D eigenvalue weighted by atomic mass is 9.85. The molecule has 2 atom stereocenters. The number of anilines is 1. The SMILES string of the molecule is Cn1c(=O)n(C2CCC(=O)NC2=O)c2cccc(C3=CCN(CC4CCC(n5cc6cc(NC(=O)c7cccc(C(F)(F)F)n7)c(C(F)F)cc6n5)CC4)CC3F)c21. The molecule has 2 aliphatic heterocycles. The Balaban J connectivity index is 0.923. The van der Waals surface area contributed by atoms with Gasteiger partial charge in [-0.3, -0.25) is 38.4 Å². The number of imide groups is 1. The normalized spacial score (nSPS) is 22.1. The van der Waals surface area contributed by atoms with Crippen LogP contribution in [0, 0.1) is 5.92 Å². The topological polar surface area (TPSA) is 136 Å². The lowest BCUT2D eigenvalue weighted by molar-refractivity contribution is -0.141. The Morgan fingerprint density at radius 1 is 1.02 bits per heavy atom. The van der Waals surface area contributed by atoms with Crippen LogP contribution >= 0.6 is 0 Å². The number of alkyl halides is 6. The zero-order valence-electron chi connectivity index (χ0n) is 31.1. The largest absolute Gasteiger partial charge is 0.433 e. The van der Waals surface area contributed by atoms with Gasteiger partial charge in [0.05, 0.1) is 28.3 Å². The molecule has 304 valence electrons. The number of nitrogens with zero attached hydrogens (tertiary/aromatic N) is 6. The Bertz CT molecular complexity index is 2530. The Morgan fingerprint density at radius 2 is 1.78 bits per heavy atom. The number of piperidine rings is 1. The van der Waals surface area contributed by atoms with Crippen LogP contribution in [0.25, 0.3) is 27.5 Å². The first-order chi connectivity index (χ1) is 27.7. The number of carbonyl (C=O) groups is 3. The van der Waals surface area contributed by atoms with E-state index in [1.165, 1.54) is 15.2 Å². The van der Waals surface area contributed by atoms with Gasteiger partial charge in [0.2, 0.25) is 11.8 Å². The predicted octanol–water partition coefficient (Wildman–Crippen LogP) is 6.74. The summed E-state index contributed by atoms with van der Waals surface area (Å²) in [5.74, 6) is -1.73. The molecule has 1 aliphatic carbocycles. The number of para-hydroxylation sites is 1. The fourth-order valence-corrected chi connectivity index (χ4v) is 8.53. The number of aryl methyl sites for hydroxylation is 1. The minimum Gasteiger partial charge on any atom is -0.320 e. The molecule has 0 radical (unpaired) electrons. The fraction of sp³-hybridized carbons (Fsp3) is 0.400. The molecule has 3 aromatic heterocycles. The van der Waals surface area contributed by atoms with E-state index in [1.54, 1.807) is 36.1 Å². The minimum atomic E-state index is -4.79. The number of rotatable bonds is 8. The molecule has 8 rings (SSSR count). The van der Waals surface area contributed by atoms with E-state index in [0.717, 1.165) is 43.9 Å². The van der Waals surface area contributed by atoms with Crippen LogP contribution < -0.4 is 16.3 Å². The molecule has 1 saturated heterocycles. The highest BCUT2D eigenvalue weighted by atomic mass is 19.4. The van der Waals surface area contributed by atoms with Gasteiger partial charge in [-0.1, -0.05) is 24.3 Å². The number of halogens is 6. The summed E-state index contributed by atoms with van der Waals surface area (Å²) in [4.78, 5) is 56.0. The zero-order chi connectivity index (χ0) is 41.0. The molecule has 5 heterocycles. The van der Waals surface area contributed by atoms with Crippen molar-refractivity contribution in [3.8, 4) is 0 Å². The molecule has 1 saturated carbocycles. The Kier molecular flexibility index (Phi) is 10.2. The summed E-state index contributed by atoms with van der Waals surface area (Å²) in [5, 5.41) is 9.63. The number of imidazole rings is 1. The van der Waals surface area contributed by atoms with Crippen molar-refractivity contribution < 1.29 is 40.7 Å². The Morgan fingerprint density at radius 3 is 2.48 bits per heavy atom. The van der Waals surface area contributed by atoms with Gasteiger partial charge in [-0.15, -0.1) is 0 Å². The second kappa shape index (κ2) is 15.2. The van der Waals surface area contributed by atoms with Crippen LogP contribution in [-0.4, -0.2) is 72.3 Å². The van der Waals surface area contributed by atoms with Crippen molar-refractivity contribution in [2.45, 2.75) is 69.4 Å². The highest BCUT2D eigenvalue weighted by Gasteiger charge is 2.35. The van der Waals surface area contributed by atoms with E-state index in [0.29, 0.717) is 46.7 Å². The van der Waals surface area contributed by atoms with Gasteiger partial charge in [0.15, 0.2) is 0 Å². The van der Waals surface area contributed by atoms with E-state index in [-0.39, 0.29) is 48.5 Å². The molecular weight excluding hydrogens is 770 g/mol. The molecule has 2 fully saturated rings. The molecule has 12 nitrogen and oxygen atoms in total. The standard InChI is InChI=1S/C40H38F6N8O4/c1-51-35-25(4-2-6-31(35)54(39(51)58)32-12-13-34(55)49-38(32)57)24-14-15-52(20-27(24)41)18-21-8-10-23(11-9-21)53-19-22-16-30(26(36(42)43)17-29(22)50-53)48-37(56)28-5-3-7-33(47-28)40(44,45)46/h2-7,14,16-17,19,21,23,27,32,36H,8-13,15,18,20H2,1H3,(H,48,56)(H,49,55,57). The summed E-state index contributed by atoms with van der Waals surface area (Å²) < 4.78 is 88.2. The number of hydrogen-bond acceptors (Lipinski definition) is 7. The van der Waals surface area contributed by atoms with Gasteiger partial charge in [-0.25, -0.2) is 22.9 Å². The predicted molar refractivity (Wildman–Crippen MR) is 201 cm³/mol. The lowest BCUT2D eigenvalue weighted by Crippen LogP contribution is -2.44. The van der Waals surface area contributed by atoms with Crippen molar-refractivity contribution in [1.82, 2.24) is 34.1 Å². The number of hydrogen-bond donors (Lipinski definition) is 2.